The molecule has 1 atom stereocenters. The van der Waals surface area contributed by atoms with Crippen LogP contribution in [0.5, 0.6) is 0 Å². The van der Waals surface area contributed by atoms with Gasteiger partial charge in [0.05, 0.1) is 6.61 Å². The fourth-order valence-corrected chi connectivity index (χ4v) is 2.72. The lowest BCUT2D eigenvalue weighted by atomic mass is 10.1. The van der Waals surface area contributed by atoms with Crippen LogP contribution in [0.1, 0.15) is 12.0 Å². The molecule has 0 spiro atoms. The van der Waals surface area contributed by atoms with E-state index in [9.17, 15) is 0 Å². The molecule has 2 aliphatic heterocycles. The number of rotatable bonds is 2. The maximum Gasteiger partial charge on any atom is 0.0512 e. The van der Waals surface area contributed by atoms with Crippen LogP contribution in [0.2, 0.25) is 0 Å². The van der Waals surface area contributed by atoms with Crippen molar-refractivity contribution in [2.45, 2.75) is 12.8 Å². The van der Waals surface area contributed by atoms with Crippen molar-refractivity contribution in [2.24, 2.45) is 5.92 Å². The molecule has 1 unspecified atom stereocenters. The number of hydrogen-bond acceptors (Lipinski definition) is 3. The number of nitrogen functional groups attached to an aromatic ring is 1. The van der Waals surface area contributed by atoms with Crippen molar-refractivity contribution in [3.05, 3.63) is 23.8 Å². The number of hydrogen-bond donors (Lipinski definition) is 1. The van der Waals surface area contributed by atoms with Crippen LogP contribution in [0.25, 0.3) is 0 Å². The van der Waals surface area contributed by atoms with E-state index in [1.165, 1.54) is 17.7 Å². The van der Waals surface area contributed by atoms with Gasteiger partial charge in [-0.25, -0.2) is 0 Å². The Morgan fingerprint density at radius 2 is 2.38 bits per heavy atom. The zero-order valence-electron chi connectivity index (χ0n) is 9.48. The maximum atomic E-state index is 5.80. The molecule has 3 nitrogen and oxygen atoms in total. The fourth-order valence-electron chi connectivity index (χ4n) is 2.72. The van der Waals surface area contributed by atoms with Gasteiger partial charge in [-0.2, -0.15) is 0 Å². The van der Waals surface area contributed by atoms with E-state index in [1.54, 1.807) is 0 Å². The van der Waals surface area contributed by atoms with Gasteiger partial charge >= 0.3 is 0 Å². The van der Waals surface area contributed by atoms with Crippen LogP contribution in [0.15, 0.2) is 18.2 Å². The first-order valence-electron chi connectivity index (χ1n) is 6.04. The molecule has 1 saturated heterocycles. The Bertz CT molecular complexity index is 386. The predicted molar refractivity (Wildman–Crippen MR) is 65.7 cm³/mol. The van der Waals surface area contributed by atoms with Crippen LogP contribution in [0.4, 0.5) is 11.4 Å². The highest BCUT2D eigenvalue weighted by molar-refractivity contribution is 5.62. The minimum Gasteiger partial charge on any atom is -0.399 e. The molecule has 3 heteroatoms. The van der Waals surface area contributed by atoms with Crippen molar-refractivity contribution in [2.75, 3.05) is 36.9 Å². The summed E-state index contributed by atoms with van der Waals surface area (Å²) < 4.78 is 5.43. The molecule has 1 fully saturated rings. The first-order chi connectivity index (χ1) is 7.83. The molecule has 0 saturated carbocycles. The number of fused-ring (bicyclic) bond motifs is 1. The average Bonchev–Trinajstić information content (AvgIpc) is 2.89. The van der Waals surface area contributed by atoms with Gasteiger partial charge in [-0.3, -0.25) is 0 Å². The summed E-state index contributed by atoms with van der Waals surface area (Å²) in [6.45, 7) is 4.14. The second-order valence-electron chi connectivity index (χ2n) is 4.81. The number of ether oxygens (including phenoxy) is 1. The van der Waals surface area contributed by atoms with Gasteiger partial charge in [-0.1, -0.05) is 0 Å². The van der Waals surface area contributed by atoms with Crippen LogP contribution >= 0.6 is 0 Å². The van der Waals surface area contributed by atoms with Crippen LogP contribution in [-0.4, -0.2) is 26.3 Å². The molecule has 0 amide bonds. The van der Waals surface area contributed by atoms with Crippen molar-refractivity contribution < 1.29 is 4.74 Å². The van der Waals surface area contributed by atoms with Gasteiger partial charge in [0.2, 0.25) is 0 Å². The monoisotopic (exact) mass is 218 g/mol. The van der Waals surface area contributed by atoms with Gasteiger partial charge in [-0.15, -0.1) is 0 Å². The van der Waals surface area contributed by atoms with Gasteiger partial charge in [0.25, 0.3) is 0 Å². The minimum atomic E-state index is 0.712. The number of nitrogens with zero attached hydrogens (tertiary/aromatic N) is 1. The Morgan fingerprint density at radius 3 is 3.19 bits per heavy atom. The first kappa shape index (κ1) is 9.97. The second-order valence-corrected chi connectivity index (χ2v) is 4.81. The Morgan fingerprint density at radius 1 is 1.44 bits per heavy atom. The minimum absolute atomic E-state index is 0.712. The summed E-state index contributed by atoms with van der Waals surface area (Å²) in [7, 11) is 0. The molecule has 0 radical (unpaired) electrons. The summed E-state index contributed by atoms with van der Waals surface area (Å²) in [6.07, 6.45) is 2.34. The normalized spacial score (nSPS) is 23.8. The topological polar surface area (TPSA) is 38.5 Å². The van der Waals surface area contributed by atoms with E-state index >= 15 is 0 Å². The molecule has 3 rings (SSSR count). The van der Waals surface area contributed by atoms with Crippen LogP contribution in [-0.2, 0) is 11.2 Å². The van der Waals surface area contributed by atoms with Crippen LogP contribution in [0.3, 0.4) is 0 Å². The van der Waals surface area contributed by atoms with Crippen molar-refractivity contribution in [1.29, 1.82) is 0 Å². The molecule has 0 aliphatic carbocycles. The van der Waals surface area contributed by atoms with Crippen LogP contribution in [0, 0.1) is 5.92 Å². The maximum absolute atomic E-state index is 5.80. The molecule has 16 heavy (non-hydrogen) atoms. The fraction of sp³-hybridized carbons (Fsp3) is 0.538. The number of anilines is 2. The van der Waals surface area contributed by atoms with E-state index in [4.69, 9.17) is 10.5 Å². The zero-order chi connectivity index (χ0) is 11.0. The summed E-state index contributed by atoms with van der Waals surface area (Å²) in [4.78, 5) is 2.48. The van der Waals surface area contributed by atoms with Crippen molar-refractivity contribution >= 4 is 11.4 Å². The van der Waals surface area contributed by atoms with E-state index in [0.29, 0.717) is 5.92 Å². The highest BCUT2D eigenvalue weighted by Crippen LogP contribution is 2.31. The molecule has 2 N–H and O–H groups in total. The predicted octanol–water partition coefficient (Wildman–Crippen LogP) is 1.67. The lowest BCUT2D eigenvalue weighted by Crippen LogP contribution is -2.27. The zero-order valence-corrected chi connectivity index (χ0v) is 9.48. The lowest BCUT2D eigenvalue weighted by Gasteiger charge is -2.22. The summed E-state index contributed by atoms with van der Waals surface area (Å²) in [5, 5.41) is 0. The SMILES string of the molecule is Nc1ccc2c(c1)CCN2CC1CCOC1. The Balaban J connectivity index is 1.75. The van der Waals surface area contributed by atoms with E-state index in [1.807, 2.05) is 6.07 Å². The smallest absolute Gasteiger partial charge is 0.0512 e. The molecular formula is C13H18N2O. The average molecular weight is 218 g/mol. The molecular weight excluding hydrogens is 200 g/mol. The van der Waals surface area contributed by atoms with Gasteiger partial charge in [0, 0.05) is 37.0 Å². The van der Waals surface area contributed by atoms with Crippen molar-refractivity contribution in [3.8, 4) is 0 Å². The molecule has 0 aromatic heterocycles. The van der Waals surface area contributed by atoms with Crippen LogP contribution < -0.4 is 10.6 Å². The van der Waals surface area contributed by atoms with Gasteiger partial charge in [0.15, 0.2) is 0 Å². The molecule has 0 bridgehead atoms. The van der Waals surface area contributed by atoms with E-state index in [-0.39, 0.29) is 0 Å². The van der Waals surface area contributed by atoms with E-state index < -0.39 is 0 Å². The highest BCUT2D eigenvalue weighted by Gasteiger charge is 2.24. The first-order valence-corrected chi connectivity index (χ1v) is 6.04. The number of nitrogens with two attached hydrogens (primary N) is 1. The molecule has 2 heterocycles. The Labute approximate surface area is 96.2 Å². The van der Waals surface area contributed by atoms with Gasteiger partial charge in [0.1, 0.15) is 0 Å². The number of benzene rings is 1. The molecule has 86 valence electrons. The Kier molecular flexibility index (Phi) is 2.48. The second kappa shape index (κ2) is 3.98. The van der Waals surface area contributed by atoms with Crippen molar-refractivity contribution in [3.63, 3.8) is 0 Å². The van der Waals surface area contributed by atoms with Gasteiger partial charge in [-0.05, 0) is 36.6 Å². The third-order valence-electron chi connectivity index (χ3n) is 3.60. The largest absolute Gasteiger partial charge is 0.399 e. The van der Waals surface area contributed by atoms with Gasteiger partial charge < -0.3 is 15.4 Å². The summed E-state index contributed by atoms with van der Waals surface area (Å²) in [6, 6.07) is 6.27. The quantitative estimate of drug-likeness (QED) is 0.767. The molecule has 2 aliphatic rings. The van der Waals surface area contributed by atoms with E-state index in [0.717, 1.165) is 38.4 Å². The summed E-state index contributed by atoms with van der Waals surface area (Å²) >= 11 is 0. The van der Waals surface area contributed by atoms with E-state index in [2.05, 4.69) is 17.0 Å². The Hall–Kier alpha value is -1.22. The third kappa shape index (κ3) is 1.76. The molecule has 1 aromatic carbocycles. The highest BCUT2D eigenvalue weighted by atomic mass is 16.5. The molecule has 1 aromatic rings. The van der Waals surface area contributed by atoms with Crippen molar-refractivity contribution in [1.82, 2.24) is 0 Å². The standard InChI is InChI=1S/C13H18N2O/c14-12-1-2-13-11(7-12)3-5-15(13)8-10-4-6-16-9-10/h1-2,7,10H,3-6,8-9,14H2. The third-order valence-corrected chi connectivity index (χ3v) is 3.60. The lowest BCUT2D eigenvalue weighted by molar-refractivity contribution is 0.186. The summed E-state index contributed by atoms with van der Waals surface area (Å²) in [5.41, 5.74) is 9.46. The summed E-state index contributed by atoms with van der Waals surface area (Å²) in [5.74, 6) is 0.712.